The van der Waals surface area contributed by atoms with Gasteiger partial charge in [0, 0.05) is 37.0 Å². The smallest absolute Gasteiger partial charge is 0.192 e. The van der Waals surface area contributed by atoms with Crippen LogP contribution < -0.4 is 15.4 Å². The van der Waals surface area contributed by atoms with Gasteiger partial charge >= 0.3 is 0 Å². The minimum atomic E-state index is -1.67. The monoisotopic (exact) mass is 362 g/mol. The first-order valence-corrected chi connectivity index (χ1v) is 12.5. The number of rotatable bonds is 3. The number of hydrogen-bond acceptors (Lipinski definition) is 4. The SMILES string of the molecule is CC(C)(C)[Si](C)(C)OC1CCN(c2ccc3c(c2)OC[C@H](N)C3)CC1. The highest BCUT2D eigenvalue weighted by molar-refractivity contribution is 6.74. The van der Waals surface area contributed by atoms with Gasteiger partial charge in [-0.15, -0.1) is 0 Å². The van der Waals surface area contributed by atoms with Gasteiger partial charge < -0.3 is 19.8 Å². The topological polar surface area (TPSA) is 47.7 Å². The molecule has 0 bridgehead atoms. The van der Waals surface area contributed by atoms with E-state index in [0.29, 0.717) is 12.7 Å². The van der Waals surface area contributed by atoms with E-state index in [1.165, 1.54) is 11.3 Å². The second-order valence-electron chi connectivity index (χ2n) is 9.13. The molecule has 3 rings (SSSR count). The highest BCUT2D eigenvalue weighted by Crippen LogP contribution is 2.39. The number of anilines is 1. The van der Waals surface area contributed by atoms with E-state index in [-0.39, 0.29) is 11.1 Å². The van der Waals surface area contributed by atoms with Crippen molar-refractivity contribution in [2.75, 3.05) is 24.6 Å². The van der Waals surface area contributed by atoms with E-state index in [2.05, 4.69) is 57.0 Å². The fourth-order valence-corrected chi connectivity index (χ4v) is 4.83. The van der Waals surface area contributed by atoms with Crippen LogP contribution >= 0.6 is 0 Å². The fourth-order valence-electron chi connectivity index (χ4n) is 3.41. The number of benzene rings is 1. The van der Waals surface area contributed by atoms with Crippen molar-refractivity contribution >= 4 is 14.0 Å². The molecule has 0 unspecified atom stereocenters. The summed E-state index contributed by atoms with van der Waals surface area (Å²) in [6, 6.07) is 6.72. The molecule has 25 heavy (non-hydrogen) atoms. The van der Waals surface area contributed by atoms with E-state index in [4.69, 9.17) is 14.9 Å². The number of nitrogens with two attached hydrogens (primary N) is 1. The summed E-state index contributed by atoms with van der Waals surface area (Å²) >= 11 is 0. The van der Waals surface area contributed by atoms with Crippen LogP contribution in [0.2, 0.25) is 18.1 Å². The lowest BCUT2D eigenvalue weighted by Crippen LogP contribution is -2.47. The van der Waals surface area contributed by atoms with E-state index >= 15 is 0 Å². The summed E-state index contributed by atoms with van der Waals surface area (Å²) in [5.41, 5.74) is 8.48. The molecule has 1 atom stereocenters. The molecule has 2 aliphatic rings. The molecule has 0 radical (unpaired) electrons. The number of piperidine rings is 1. The van der Waals surface area contributed by atoms with E-state index in [1.807, 2.05) is 0 Å². The molecule has 0 aromatic heterocycles. The van der Waals surface area contributed by atoms with Crippen LogP contribution in [0.4, 0.5) is 5.69 Å². The first kappa shape index (κ1) is 18.7. The van der Waals surface area contributed by atoms with Crippen molar-refractivity contribution in [3.63, 3.8) is 0 Å². The second-order valence-corrected chi connectivity index (χ2v) is 13.9. The van der Waals surface area contributed by atoms with Crippen LogP contribution in [0.3, 0.4) is 0 Å². The summed E-state index contributed by atoms with van der Waals surface area (Å²) in [6.07, 6.45) is 3.53. The molecular formula is C20H34N2O2Si. The maximum absolute atomic E-state index is 6.60. The van der Waals surface area contributed by atoms with Gasteiger partial charge in [0.15, 0.2) is 8.32 Å². The Hall–Kier alpha value is -1.04. The minimum absolute atomic E-state index is 0.126. The Bertz CT molecular complexity index is 604. The molecular weight excluding hydrogens is 328 g/mol. The Kier molecular flexibility index (Phi) is 5.20. The van der Waals surface area contributed by atoms with Crippen LogP contribution in [0.25, 0.3) is 0 Å². The van der Waals surface area contributed by atoms with Crippen molar-refractivity contribution < 1.29 is 9.16 Å². The molecule has 2 N–H and O–H groups in total. The van der Waals surface area contributed by atoms with Crippen LogP contribution in [0.15, 0.2) is 18.2 Å². The third-order valence-electron chi connectivity index (χ3n) is 6.06. The largest absolute Gasteiger partial charge is 0.492 e. The molecule has 1 fully saturated rings. The molecule has 140 valence electrons. The van der Waals surface area contributed by atoms with Crippen molar-refractivity contribution in [2.45, 2.75) is 70.3 Å². The van der Waals surface area contributed by atoms with Crippen LogP contribution in [0.5, 0.6) is 5.75 Å². The summed E-state index contributed by atoms with van der Waals surface area (Å²) in [7, 11) is -1.67. The van der Waals surface area contributed by atoms with Crippen LogP contribution in [-0.2, 0) is 10.8 Å². The van der Waals surface area contributed by atoms with Crippen molar-refractivity contribution in [3.8, 4) is 5.75 Å². The quantitative estimate of drug-likeness (QED) is 0.828. The van der Waals surface area contributed by atoms with Gasteiger partial charge in [0.25, 0.3) is 0 Å². The van der Waals surface area contributed by atoms with Gasteiger partial charge in [0.1, 0.15) is 12.4 Å². The third kappa shape index (κ3) is 4.21. The predicted octanol–water partition coefficient (Wildman–Crippen LogP) is 3.94. The molecule has 4 nitrogen and oxygen atoms in total. The summed E-state index contributed by atoms with van der Waals surface area (Å²) < 4.78 is 12.4. The molecule has 2 heterocycles. The third-order valence-corrected chi connectivity index (χ3v) is 10.6. The van der Waals surface area contributed by atoms with Gasteiger partial charge in [-0.25, -0.2) is 0 Å². The van der Waals surface area contributed by atoms with Crippen molar-refractivity contribution in [3.05, 3.63) is 23.8 Å². The zero-order chi connectivity index (χ0) is 18.2. The number of nitrogens with zero attached hydrogens (tertiary/aromatic N) is 1. The fraction of sp³-hybridized carbons (Fsp3) is 0.700. The van der Waals surface area contributed by atoms with Gasteiger partial charge in [-0.3, -0.25) is 0 Å². The minimum Gasteiger partial charge on any atom is -0.492 e. The number of ether oxygens (including phenoxy) is 1. The Labute approximate surface area is 153 Å². The lowest BCUT2D eigenvalue weighted by atomic mass is 10.0. The normalized spacial score (nSPS) is 22.5. The Morgan fingerprint density at radius 3 is 2.52 bits per heavy atom. The maximum Gasteiger partial charge on any atom is 0.192 e. The highest BCUT2D eigenvalue weighted by Gasteiger charge is 2.39. The molecule has 5 heteroatoms. The van der Waals surface area contributed by atoms with Crippen LogP contribution in [-0.4, -0.2) is 40.2 Å². The average Bonchev–Trinajstić information content (AvgIpc) is 2.53. The van der Waals surface area contributed by atoms with Gasteiger partial charge in [-0.1, -0.05) is 26.8 Å². The van der Waals surface area contributed by atoms with Gasteiger partial charge in [0.2, 0.25) is 0 Å². The highest BCUT2D eigenvalue weighted by atomic mass is 28.4. The van der Waals surface area contributed by atoms with Crippen LogP contribution in [0.1, 0.15) is 39.2 Å². The lowest BCUT2D eigenvalue weighted by molar-refractivity contribution is 0.152. The van der Waals surface area contributed by atoms with Crippen LogP contribution in [0, 0.1) is 0 Å². The van der Waals surface area contributed by atoms with Crippen molar-refractivity contribution in [1.82, 2.24) is 0 Å². The Morgan fingerprint density at radius 1 is 1.20 bits per heavy atom. The molecule has 0 aliphatic carbocycles. The van der Waals surface area contributed by atoms with Gasteiger partial charge in [-0.2, -0.15) is 0 Å². The predicted molar refractivity (Wildman–Crippen MR) is 107 cm³/mol. The van der Waals surface area contributed by atoms with Gasteiger partial charge in [-0.05, 0) is 49.0 Å². The number of fused-ring (bicyclic) bond motifs is 1. The molecule has 2 aliphatic heterocycles. The molecule has 1 saturated heterocycles. The molecule has 1 aromatic carbocycles. The van der Waals surface area contributed by atoms with E-state index < -0.39 is 8.32 Å². The Morgan fingerprint density at radius 2 is 1.88 bits per heavy atom. The number of hydrogen-bond donors (Lipinski definition) is 1. The molecule has 0 saturated carbocycles. The van der Waals surface area contributed by atoms with Crippen molar-refractivity contribution in [2.24, 2.45) is 5.73 Å². The summed E-state index contributed by atoms with van der Waals surface area (Å²) in [6.45, 7) is 14.4. The zero-order valence-corrected chi connectivity index (χ0v) is 17.5. The average molecular weight is 363 g/mol. The van der Waals surface area contributed by atoms with E-state index in [9.17, 15) is 0 Å². The summed E-state index contributed by atoms with van der Waals surface area (Å²) in [5, 5.41) is 0.279. The summed E-state index contributed by atoms with van der Waals surface area (Å²) in [4.78, 5) is 2.46. The molecule has 0 amide bonds. The lowest BCUT2D eigenvalue weighted by Gasteiger charge is -2.42. The first-order valence-electron chi connectivity index (χ1n) is 9.60. The maximum atomic E-state index is 6.60. The second kappa shape index (κ2) is 6.93. The first-order chi connectivity index (χ1) is 11.7. The van der Waals surface area contributed by atoms with Gasteiger partial charge in [0.05, 0.1) is 0 Å². The zero-order valence-electron chi connectivity index (χ0n) is 16.5. The molecule has 0 spiro atoms. The standard InChI is InChI=1S/C20H34N2O2Si/c1-20(2,3)25(4,5)24-18-8-10-22(11-9-18)17-7-6-15-12-16(21)14-23-19(15)13-17/h6-7,13,16,18H,8-12,14,21H2,1-5H3/t16-/m1/s1. The summed E-state index contributed by atoms with van der Waals surface area (Å²) in [5.74, 6) is 1.01. The van der Waals surface area contributed by atoms with E-state index in [0.717, 1.165) is 38.1 Å². The van der Waals surface area contributed by atoms with Crippen molar-refractivity contribution in [1.29, 1.82) is 0 Å². The Balaban J connectivity index is 1.60. The van der Waals surface area contributed by atoms with E-state index in [1.54, 1.807) is 0 Å². The molecule has 1 aromatic rings.